The fourth-order valence-electron chi connectivity index (χ4n) is 6.75. The molecule has 1 N–H and O–H groups in total. The van der Waals surface area contributed by atoms with E-state index in [1.54, 1.807) is 12.1 Å². The molecular formula is C33H41N3O6S. The van der Waals surface area contributed by atoms with Crippen molar-refractivity contribution in [3.8, 4) is 11.3 Å². The molecule has 1 aromatic heterocycles. The van der Waals surface area contributed by atoms with E-state index in [2.05, 4.69) is 40.0 Å². The summed E-state index contributed by atoms with van der Waals surface area (Å²) in [6.45, 7) is 2.79. The number of rotatable bonds is 11. The summed E-state index contributed by atoms with van der Waals surface area (Å²) in [6, 6.07) is 15.7. The van der Waals surface area contributed by atoms with Crippen LogP contribution in [-0.2, 0) is 42.6 Å². The van der Waals surface area contributed by atoms with Crippen LogP contribution in [0.1, 0.15) is 50.5 Å². The quantitative estimate of drug-likeness (QED) is 0.256. The lowest BCUT2D eigenvalue weighted by Gasteiger charge is -2.39. The molecule has 43 heavy (non-hydrogen) atoms. The number of morpholine rings is 1. The molecule has 1 amide bonds. The van der Waals surface area contributed by atoms with Gasteiger partial charge in [0.05, 0.1) is 30.8 Å². The standard InChI is InChI=1S/C33H41N3O6S/c1-35-30(24-6-4-23(5-7-24)3-2-17-42-22-37)19-27-12-15-29(20-31(27)35)43(39,40)34-28-13-10-26(11-14-28)33(38)36-16-18-41-21-32(36)25-8-9-25/h4-7,12,15,19-20,22,25-26,28,32,34H,2-3,8-11,13-14,16-18,21H2,1H3/t26-,28-,32-/m1/s1. The van der Waals surface area contributed by atoms with Gasteiger partial charge in [-0.3, -0.25) is 9.59 Å². The molecule has 6 rings (SSSR count). The number of hydrogen-bond acceptors (Lipinski definition) is 6. The molecule has 10 heteroatoms. The molecule has 0 radical (unpaired) electrons. The Hall–Kier alpha value is -3.21. The third-order valence-electron chi connectivity index (χ3n) is 9.39. The van der Waals surface area contributed by atoms with E-state index in [1.165, 1.54) is 18.4 Å². The first kappa shape index (κ1) is 29.8. The van der Waals surface area contributed by atoms with Crippen molar-refractivity contribution in [2.75, 3.05) is 26.4 Å². The first-order chi connectivity index (χ1) is 20.8. The Labute approximate surface area is 253 Å². The molecule has 0 bridgehead atoms. The van der Waals surface area contributed by atoms with Gasteiger partial charge in [0.15, 0.2) is 0 Å². The third kappa shape index (κ3) is 6.66. The maximum Gasteiger partial charge on any atom is 0.293 e. The normalized spacial score (nSPS) is 22.9. The van der Waals surface area contributed by atoms with E-state index in [1.807, 2.05) is 17.7 Å². The molecule has 2 heterocycles. The summed E-state index contributed by atoms with van der Waals surface area (Å²) in [4.78, 5) is 26.0. The molecule has 2 saturated carbocycles. The van der Waals surface area contributed by atoms with Gasteiger partial charge < -0.3 is 18.9 Å². The predicted molar refractivity (Wildman–Crippen MR) is 164 cm³/mol. The fourth-order valence-corrected chi connectivity index (χ4v) is 8.08. The molecule has 2 aliphatic carbocycles. The lowest BCUT2D eigenvalue weighted by atomic mass is 9.85. The Balaban J connectivity index is 1.08. The van der Waals surface area contributed by atoms with Crippen LogP contribution in [0.3, 0.4) is 0 Å². The van der Waals surface area contributed by atoms with E-state index in [-0.39, 0.29) is 28.8 Å². The van der Waals surface area contributed by atoms with Gasteiger partial charge in [0.2, 0.25) is 15.9 Å². The summed E-state index contributed by atoms with van der Waals surface area (Å²) >= 11 is 0. The first-order valence-electron chi connectivity index (χ1n) is 15.5. The second-order valence-corrected chi connectivity index (χ2v) is 14.0. The molecule has 3 aliphatic rings. The Kier molecular flexibility index (Phi) is 8.88. The van der Waals surface area contributed by atoms with E-state index in [9.17, 15) is 18.0 Å². The van der Waals surface area contributed by atoms with Gasteiger partial charge in [-0.2, -0.15) is 0 Å². The maximum atomic E-state index is 13.4. The summed E-state index contributed by atoms with van der Waals surface area (Å²) in [5, 5.41) is 0.971. The maximum absolute atomic E-state index is 13.4. The van der Waals surface area contributed by atoms with Crippen LogP contribution in [0, 0.1) is 11.8 Å². The Morgan fingerprint density at radius 2 is 1.81 bits per heavy atom. The molecule has 9 nitrogen and oxygen atoms in total. The molecule has 2 aromatic carbocycles. The van der Waals surface area contributed by atoms with Crippen molar-refractivity contribution in [2.45, 2.75) is 68.3 Å². The molecule has 0 spiro atoms. The van der Waals surface area contributed by atoms with Crippen LogP contribution in [0.25, 0.3) is 22.2 Å². The molecule has 1 saturated heterocycles. The number of nitrogens with one attached hydrogen (secondary N) is 1. The van der Waals surface area contributed by atoms with E-state index < -0.39 is 10.0 Å². The zero-order valence-electron chi connectivity index (χ0n) is 24.7. The highest BCUT2D eigenvalue weighted by Crippen LogP contribution is 2.38. The zero-order chi connectivity index (χ0) is 30.0. The van der Waals surface area contributed by atoms with Crippen molar-refractivity contribution < 1.29 is 27.5 Å². The summed E-state index contributed by atoms with van der Waals surface area (Å²) in [7, 11) is -1.77. The molecule has 1 atom stereocenters. The number of aryl methyl sites for hydroxylation is 2. The number of sulfonamides is 1. The predicted octanol–water partition coefficient (Wildman–Crippen LogP) is 4.43. The Morgan fingerprint density at radius 1 is 1.05 bits per heavy atom. The lowest BCUT2D eigenvalue weighted by molar-refractivity contribution is -0.146. The summed E-state index contributed by atoms with van der Waals surface area (Å²) < 4.78 is 42.3. The molecule has 230 valence electrons. The molecule has 0 unspecified atom stereocenters. The van der Waals surface area contributed by atoms with Gasteiger partial charge in [0, 0.05) is 42.1 Å². The molecule has 3 aromatic rings. The second-order valence-electron chi connectivity index (χ2n) is 12.3. The Bertz CT molecular complexity index is 1560. The van der Waals surface area contributed by atoms with Gasteiger partial charge in [0.25, 0.3) is 6.47 Å². The average molecular weight is 608 g/mol. The van der Waals surface area contributed by atoms with Gasteiger partial charge in [-0.1, -0.05) is 30.3 Å². The van der Waals surface area contributed by atoms with Crippen molar-refractivity contribution in [1.29, 1.82) is 0 Å². The highest BCUT2D eigenvalue weighted by atomic mass is 32.2. The van der Waals surface area contributed by atoms with Crippen molar-refractivity contribution in [2.24, 2.45) is 18.9 Å². The zero-order valence-corrected chi connectivity index (χ0v) is 25.6. The van der Waals surface area contributed by atoms with Crippen molar-refractivity contribution in [1.82, 2.24) is 14.2 Å². The average Bonchev–Trinajstić information content (AvgIpc) is 3.82. The van der Waals surface area contributed by atoms with E-state index in [0.29, 0.717) is 64.4 Å². The third-order valence-corrected chi connectivity index (χ3v) is 10.9. The molecule has 1 aliphatic heterocycles. The van der Waals surface area contributed by atoms with Crippen molar-refractivity contribution in [3.05, 3.63) is 54.1 Å². The van der Waals surface area contributed by atoms with Crippen LogP contribution < -0.4 is 4.72 Å². The number of ether oxygens (including phenoxy) is 2. The number of nitrogens with zero attached hydrogens (tertiary/aromatic N) is 2. The smallest absolute Gasteiger partial charge is 0.293 e. The van der Waals surface area contributed by atoms with E-state index in [4.69, 9.17) is 9.47 Å². The number of fused-ring (bicyclic) bond motifs is 1. The van der Waals surface area contributed by atoms with Crippen molar-refractivity contribution in [3.63, 3.8) is 0 Å². The van der Waals surface area contributed by atoms with Crippen LogP contribution in [0.15, 0.2) is 53.4 Å². The minimum absolute atomic E-state index is 0.0382. The summed E-state index contributed by atoms with van der Waals surface area (Å²) in [6.07, 6.45) is 6.66. The van der Waals surface area contributed by atoms with Crippen LogP contribution >= 0.6 is 0 Å². The number of carbonyl (C=O) groups excluding carboxylic acids is 2. The first-order valence-corrected chi connectivity index (χ1v) is 17.0. The number of carbonyl (C=O) groups is 2. The second kappa shape index (κ2) is 12.8. The van der Waals surface area contributed by atoms with Gasteiger partial charge >= 0.3 is 0 Å². The minimum Gasteiger partial charge on any atom is -0.468 e. The van der Waals surface area contributed by atoms with E-state index >= 15 is 0 Å². The van der Waals surface area contributed by atoms with E-state index in [0.717, 1.165) is 35.0 Å². The summed E-state index contributed by atoms with van der Waals surface area (Å²) in [5.41, 5.74) is 4.05. The topological polar surface area (TPSA) is 107 Å². The van der Waals surface area contributed by atoms with Crippen LogP contribution in [0.2, 0.25) is 0 Å². The number of benzene rings is 2. The lowest BCUT2D eigenvalue weighted by Crippen LogP contribution is -2.52. The Morgan fingerprint density at radius 3 is 2.53 bits per heavy atom. The van der Waals surface area contributed by atoms with Crippen LogP contribution in [0.4, 0.5) is 0 Å². The number of aromatic nitrogens is 1. The number of hydrogen-bond donors (Lipinski definition) is 1. The highest BCUT2D eigenvalue weighted by molar-refractivity contribution is 7.89. The highest BCUT2D eigenvalue weighted by Gasteiger charge is 2.41. The SMILES string of the molecule is Cn1c(-c2ccc(CCCOC=O)cc2)cc2ccc(S(=O)(=O)N[C@H]3CC[C@H](C(=O)N4CCOC[C@@H]4C4CC4)CC3)cc21. The van der Waals surface area contributed by atoms with Gasteiger partial charge in [-0.05, 0) is 86.6 Å². The van der Waals surface area contributed by atoms with Crippen LogP contribution in [0.5, 0.6) is 0 Å². The van der Waals surface area contributed by atoms with Gasteiger partial charge in [-0.15, -0.1) is 0 Å². The van der Waals surface area contributed by atoms with Crippen LogP contribution in [-0.4, -0.2) is 68.7 Å². The fraction of sp³-hybridized carbons (Fsp3) is 0.515. The van der Waals surface area contributed by atoms with Crippen molar-refractivity contribution >= 4 is 33.3 Å². The minimum atomic E-state index is -3.72. The van der Waals surface area contributed by atoms with Gasteiger partial charge in [-0.25, -0.2) is 13.1 Å². The van der Waals surface area contributed by atoms with Gasteiger partial charge in [0.1, 0.15) is 0 Å². The molecule has 3 fully saturated rings. The molecular weight excluding hydrogens is 566 g/mol. The summed E-state index contributed by atoms with van der Waals surface area (Å²) in [5.74, 6) is 0.770. The number of amides is 1. The largest absolute Gasteiger partial charge is 0.468 e. The monoisotopic (exact) mass is 607 g/mol.